The van der Waals surface area contributed by atoms with Crippen molar-refractivity contribution in [3.63, 3.8) is 0 Å². The molecular weight excluding hydrogens is 353 g/mol. The number of nitrogens with two attached hydrogens (primary N) is 3. The summed E-state index contributed by atoms with van der Waals surface area (Å²) >= 11 is 0. The second-order valence-corrected chi connectivity index (χ2v) is 5.50. The molecule has 1 aliphatic heterocycles. The number of carbonyl (C=O) groups is 2. The number of allylic oxidation sites excluding steroid dienone is 7. The van der Waals surface area contributed by atoms with Gasteiger partial charge in [-0.15, -0.1) is 0 Å². The molecule has 0 bridgehead atoms. The normalized spacial score (nSPS) is 14.5. The molecule has 0 aliphatic carbocycles. The second-order valence-electron chi connectivity index (χ2n) is 5.50. The van der Waals surface area contributed by atoms with Gasteiger partial charge in [0.25, 0.3) is 0 Å². The maximum absolute atomic E-state index is 11.9. The van der Waals surface area contributed by atoms with Crippen LogP contribution in [-0.4, -0.2) is 25.1 Å². The molecule has 7 N–H and O–H groups in total. The lowest BCUT2D eigenvalue weighted by molar-refractivity contribution is -0.115. The van der Waals surface area contributed by atoms with E-state index in [4.69, 9.17) is 24.1 Å². The van der Waals surface area contributed by atoms with E-state index >= 15 is 0 Å². The van der Waals surface area contributed by atoms with Crippen LogP contribution in [0.15, 0.2) is 96.4 Å². The minimum absolute atomic E-state index is 0.232. The van der Waals surface area contributed by atoms with Crippen molar-refractivity contribution in [1.29, 1.82) is 0 Å². The summed E-state index contributed by atoms with van der Waals surface area (Å²) in [5, 5.41) is 2.61. The molecule has 0 aromatic heterocycles. The third-order valence-electron chi connectivity index (χ3n) is 3.00. The van der Waals surface area contributed by atoms with Crippen molar-refractivity contribution in [2.24, 2.45) is 17.2 Å². The van der Waals surface area contributed by atoms with Crippen molar-refractivity contribution < 1.29 is 9.59 Å². The summed E-state index contributed by atoms with van der Waals surface area (Å²) in [7, 11) is 5.73. The fourth-order valence-electron chi connectivity index (χ4n) is 1.88. The molecule has 0 spiro atoms. The highest BCUT2D eigenvalue weighted by Crippen LogP contribution is 2.15. The van der Waals surface area contributed by atoms with Gasteiger partial charge in [-0.2, -0.15) is 0 Å². The number of rotatable bonds is 7. The van der Waals surface area contributed by atoms with Crippen LogP contribution in [0.5, 0.6) is 0 Å². The molecule has 0 fully saturated rings. The van der Waals surface area contributed by atoms with Gasteiger partial charge in [-0.05, 0) is 19.1 Å². The molecule has 0 saturated heterocycles. The number of primary amides is 1. The highest BCUT2D eigenvalue weighted by atomic mass is 16.1. The number of hydrogen-bond acceptors (Lipinski definition) is 5. The molecule has 28 heavy (non-hydrogen) atoms. The van der Waals surface area contributed by atoms with Crippen LogP contribution in [0.1, 0.15) is 13.3 Å². The second kappa shape index (κ2) is 13.5. The molecule has 0 aromatic rings. The van der Waals surface area contributed by atoms with E-state index in [9.17, 15) is 4.79 Å². The third kappa shape index (κ3) is 11.0. The standard InChI is InChI=1S/C19H23BN4O.CH3NO/c1-4-5-6-7-14(2)23-19(25)11-17(21)10-18(22)13-24-12-16(20)9-8-15(24)3;2-1-3/h4-9,11-13H,2-3,10,21-22H2,1H3,(H,23,25);1H,(H2,2,3)/b5-4-,7-6-,17-11-,18-13-;. The minimum atomic E-state index is -0.366. The zero-order valence-electron chi connectivity index (χ0n) is 16.0. The van der Waals surface area contributed by atoms with Gasteiger partial charge >= 0.3 is 0 Å². The summed E-state index contributed by atoms with van der Waals surface area (Å²) in [5.74, 6) is -0.366. The van der Waals surface area contributed by atoms with Crippen LogP contribution in [0.3, 0.4) is 0 Å². The molecule has 1 rings (SSSR count). The van der Waals surface area contributed by atoms with E-state index in [1.165, 1.54) is 6.08 Å². The van der Waals surface area contributed by atoms with Crippen LogP contribution < -0.4 is 22.5 Å². The number of nitrogens with zero attached hydrogens (tertiary/aromatic N) is 1. The number of amides is 2. The first-order valence-corrected chi connectivity index (χ1v) is 8.22. The Labute approximate surface area is 167 Å². The zero-order valence-corrected chi connectivity index (χ0v) is 16.0. The van der Waals surface area contributed by atoms with Crippen molar-refractivity contribution in [1.82, 2.24) is 10.2 Å². The summed E-state index contributed by atoms with van der Waals surface area (Å²) in [6.45, 7) is 9.50. The van der Waals surface area contributed by atoms with Crippen molar-refractivity contribution in [2.75, 3.05) is 0 Å². The average molecular weight is 379 g/mol. The average Bonchev–Trinajstić information content (AvgIpc) is 2.58. The Morgan fingerprint density at radius 2 is 1.93 bits per heavy atom. The first-order valence-electron chi connectivity index (χ1n) is 8.22. The highest BCUT2D eigenvalue weighted by Gasteiger charge is 2.06. The van der Waals surface area contributed by atoms with Gasteiger partial charge in [0.1, 0.15) is 7.85 Å². The van der Waals surface area contributed by atoms with E-state index in [0.717, 1.165) is 5.70 Å². The maximum atomic E-state index is 11.9. The van der Waals surface area contributed by atoms with E-state index in [1.807, 2.05) is 19.1 Å². The van der Waals surface area contributed by atoms with Gasteiger partial charge in [0.05, 0.1) is 0 Å². The maximum Gasteiger partial charge on any atom is 0.250 e. The first kappa shape index (κ1) is 24.3. The lowest BCUT2D eigenvalue weighted by Crippen LogP contribution is -2.21. The quantitative estimate of drug-likeness (QED) is 0.229. The topological polar surface area (TPSA) is 127 Å². The van der Waals surface area contributed by atoms with Crippen LogP contribution in [0.2, 0.25) is 0 Å². The zero-order chi connectivity index (χ0) is 21.5. The Kier molecular flexibility index (Phi) is 11.7. The lowest BCUT2D eigenvalue weighted by atomic mass is 9.94. The molecule has 0 atom stereocenters. The van der Waals surface area contributed by atoms with Crippen LogP contribution in [-0.2, 0) is 9.59 Å². The predicted octanol–water partition coefficient (Wildman–Crippen LogP) is 1.28. The van der Waals surface area contributed by atoms with Crippen LogP contribution in [0.25, 0.3) is 0 Å². The van der Waals surface area contributed by atoms with Crippen molar-refractivity contribution in [2.45, 2.75) is 13.3 Å². The van der Waals surface area contributed by atoms with Gasteiger partial charge < -0.3 is 27.4 Å². The summed E-state index contributed by atoms with van der Waals surface area (Å²) in [6, 6.07) is 0. The van der Waals surface area contributed by atoms with E-state index < -0.39 is 0 Å². The summed E-state index contributed by atoms with van der Waals surface area (Å²) in [5.41, 5.74) is 18.6. The van der Waals surface area contributed by atoms with Crippen LogP contribution in [0, 0.1) is 0 Å². The fourth-order valence-corrected chi connectivity index (χ4v) is 1.88. The smallest absolute Gasteiger partial charge is 0.250 e. The summed E-state index contributed by atoms with van der Waals surface area (Å²) in [6.07, 6.45) is 15.8. The Balaban J connectivity index is 0.00000227. The van der Waals surface area contributed by atoms with Gasteiger partial charge in [-0.25, -0.2) is 0 Å². The van der Waals surface area contributed by atoms with E-state index in [-0.39, 0.29) is 18.7 Å². The molecule has 0 unspecified atom stereocenters. The summed E-state index contributed by atoms with van der Waals surface area (Å²) in [4.78, 5) is 22.1. The van der Waals surface area contributed by atoms with Gasteiger partial charge in [0, 0.05) is 47.7 Å². The third-order valence-corrected chi connectivity index (χ3v) is 3.00. The number of nitrogens with one attached hydrogen (secondary N) is 1. The number of carbonyl (C=O) groups excluding carboxylic acids is 2. The summed E-state index contributed by atoms with van der Waals surface area (Å²) < 4.78 is 0. The Morgan fingerprint density at radius 1 is 1.29 bits per heavy atom. The number of hydrogen-bond donors (Lipinski definition) is 4. The van der Waals surface area contributed by atoms with Crippen LogP contribution in [0.4, 0.5) is 0 Å². The molecule has 8 heteroatoms. The molecule has 146 valence electrons. The van der Waals surface area contributed by atoms with E-state index in [0.29, 0.717) is 22.6 Å². The van der Waals surface area contributed by atoms with Gasteiger partial charge in [0.15, 0.2) is 0 Å². The Bertz CT molecular complexity index is 773. The molecule has 1 aliphatic rings. The molecule has 2 amide bonds. The fraction of sp³-hybridized carbons (Fsp3) is 0.100. The van der Waals surface area contributed by atoms with Crippen molar-refractivity contribution >= 4 is 20.2 Å². The molecule has 0 aromatic carbocycles. The highest BCUT2D eigenvalue weighted by molar-refractivity contribution is 6.23. The SMILES string of the molecule is NC=O.[B]C1=CN(/C=C(\N)C/C(N)=C/C(=O)NC(=C)/C=C\C=C/C)C(=C)C=C1. The molecule has 7 nitrogen and oxygen atoms in total. The minimum Gasteiger partial charge on any atom is -0.402 e. The van der Waals surface area contributed by atoms with E-state index in [1.54, 1.807) is 41.6 Å². The lowest BCUT2D eigenvalue weighted by Gasteiger charge is -2.21. The van der Waals surface area contributed by atoms with Gasteiger partial charge in [-0.3, -0.25) is 9.59 Å². The first-order chi connectivity index (χ1) is 13.2. The molecule has 1 heterocycles. The Morgan fingerprint density at radius 3 is 2.54 bits per heavy atom. The van der Waals surface area contributed by atoms with Gasteiger partial charge in [-0.1, -0.05) is 42.9 Å². The predicted molar refractivity (Wildman–Crippen MR) is 115 cm³/mol. The Hall–Kier alpha value is -3.68. The van der Waals surface area contributed by atoms with Gasteiger partial charge in [0.2, 0.25) is 12.3 Å². The van der Waals surface area contributed by atoms with E-state index in [2.05, 4.69) is 24.2 Å². The van der Waals surface area contributed by atoms with Crippen molar-refractivity contribution in [3.8, 4) is 0 Å². The molecular formula is C20H26BN5O2. The van der Waals surface area contributed by atoms with Crippen LogP contribution >= 0.6 is 0 Å². The molecule has 2 radical (unpaired) electrons. The molecule has 0 saturated carbocycles. The largest absolute Gasteiger partial charge is 0.402 e. The van der Waals surface area contributed by atoms with Crippen molar-refractivity contribution in [3.05, 3.63) is 96.4 Å². The monoisotopic (exact) mass is 379 g/mol.